The van der Waals surface area contributed by atoms with Crippen molar-refractivity contribution >= 4 is 15.9 Å². The van der Waals surface area contributed by atoms with Crippen LogP contribution in [0, 0.1) is 0 Å². The van der Waals surface area contributed by atoms with Crippen molar-refractivity contribution in [2.24, 2.45) is 5.73 Å². The van der Waals surface area contributed by atoms with Crippen molar-refractivity contribution in [3.8, 4) is 5.75 Å². The maximum atomic E-state index is 5.59. The van der Waals surface area contributed by atoms with E-state index in [2.05, 4.69) is 41.9 Å². The third-order valence-electron chi connectivity index (χ3n) is 2.92. The zero-order valence-corrected chi connectivity index (χ0v) is 11.8. The Balaban J connectivity index is 3.09. The molecule has 0 saturated heterocycles. The molecule has 1 aromatic carbocycles. The van der Waals surface area contributed by atoms with Gasteiger partial charge >= 0.3 is 0 Å². The molecular formula is C13H20BrNO. The van der Waals surface area contributed by atoms with Gasteiger partial charge in [-0.05, 0) is 43.0 Å². The van der Waals surface area contributed by atoms with Gasteiger partial charge in [-0.15, -0.1) is 0 Å². The van der Waals surface area contributed by atoms with E-state index in [0.717, 1.165) is 29.6 Å². The quantitative estimate of drug-likeness (QED) is 0.899. The maximum absolute atomic E-state index is 5.59. The van der Waals surface area contributed by atoms with E-state index in [1.165, 1.54) is 11.1 Å². The molecule has 0 aliphatic carbocycles. The van der Waals surface area contributed by atoms with Crippen molar-refractivity contribution in [2.45, 2.75) is 32.6 Å². The van der Waals surface area contributed by atoms with Crippen LogP contribution in [0.4, 0.5) is 0 Å². The zero-order valence-electron chi connectivity index (χ0n) is 10.2. The summed E-state index contributed by atoms with van der Waals surface area (Å²) in [5.41, 5.74) is 8.10. The standard InChI is InChI=1S/C13H20BrNO/c1-4-11-12(14)7-10(8-13(11)16-3)9(2)5-6-15/h7-9H,4-6,15H2,1-3H3. The summed E-state index contributed by atoms with van der Waals surface area (Å²) in [6, 6.07) is 4.31. The second-order valence-electron chi connectivity index (χ2n) is 4.02. The molecule has 0 radical (unpaired) electrons. The topological polar surface area (TPSA) is 35.2 Å². The number of benzene rings is 1. The van der Waals surface area contributed by atoms with Crippen LogP contribution in [0.15, 0.2) is 16.6 Å². The molecule has 1 aromatic rings. The van der Waals surface area contributed by atoms with Gasteiger partial charge < -0.3 is 10.5 Å². The van der Waals surface area contributed by atoms with Crippen molar-refractivity contribution in [2.75, 3.05) is 13.7 Å². The van der Waals surface area contributed by atoms with Crippen molar-refractivity contribution in [1.29, 1.82) is 0 Å². The van der Waals surface area contributed by atoms with Gasteiger partial charge in [0.05, 0.1) is 7.11 Å². The van der Waals surface area contributed by atoms with Gasteiger partial charge in [0.15, 0.2) is 0 Å². The summed E-state index contributed by atoms with van der Waals surface area (Å²) in [6.07, 6.45) is 1.97. The highest BCUT2D eigenvalue weighted by Gasteiger charge is 2.12. The fourth-order valence-corrected chi connectivity index (χ4v) is 2.60. The molecule has 90 valence electrons. The number of ether oxygens (including phenoxy) is 1. The molecule has 1 atom stereocenters. The molecule has 0 fully saturated rings. The molecular weight excluding hydrogens is 266 g/mol. The highest BCUT2D eigenvalue weighted by molar-refractivity contribution is 9.10. The summed E-state index contributed by atoms with van der Waals surface area (Å²) in [5.74, 6) is 1.44. The first-order valence-corrected chi connectivity index (χ1v) is 6.49. The van der Waals surface area contributed by atoms with E-state index in [1.807, 2.05) is 0 Å². The monoisotopic (exact) mass is 285 g/mol. The Morgan fingerprint density at radius 3 is 2.62 bits per heavy atom. The van der Waals surface area contributed by atoms with Crippen LogP contribution >= 0.6 is 15.9 Å². The van der Waals surface area contributed by atoms with E-state index in [9.17, 15) is 0 Å². The van der Waals surface area contributed by atoms with Gasteiger partial charge in [0.1, 0.15) is 5.75 Å². The minimum absolute atomic E-state index is 0.473. The SMILES string of the molecule is CCc1c(Br)cc(C(C)CCN)cc1OC. The molecule has 2 nitrogen and oxygen atoms in total. The highest BCUT2D eigenvalue weighted by atomic mass is 79.9. The molecule has 0 aliphatic heterocycles. The summed E-state index contributed by atoms with van der Waals surface area (Å²) in [4.78, 5) is 0. The van der Waals surface area contributed by atoms with Gasteiger partial charge in [0.25, 0.3) is 0 Å². The first-order chi connectivity index (χ1) is 7.63. The van der Waals surface area contributed by atoms with Crippen LogP contribution < -0.4 is 10.5 Å². The van der Waals surface area contributed by atoms with E-state index in [-0.39, 0.29) is 0 Å². The first kappa shape index (κ1) is 13.5. The summed E-state index contributed by atoms with van der Waals surface area (Å²) < 4.78 is 6.56. The third kappa shape index (κ3) is 2.98. The Kier molecular flexibility index (Phi) is 5.29. The van der Waals surface area contributed by atoms with Gasteiger partial charge in [0, 0.05) is 10.0 Å². The highest BCUT2D eigenvalue weighted by Crippen LogP contribution is 2.32. The van der Waals surface area contributed by atoms with Crippen LogP contribution in [0.25, 0.3) is 0 Å². The van der Waals surface area contributed by atoms with Gasteiger partial charge in [-0.1, -0.05) is 29.8 Å². The zero-order chi connectivity index (χ0) is 12.1. The Morgan fingerprint density at radius 1 is 1.44 bits per heavy atom. The fraction of sp³-hybridized carbons (Fsp3) is 0.538. The van der Waals surface area contributed by atoms with Crippen molar-refractivity contribution < 1.29 is 4.74 Å². The molecule has 16 heavy (non-hydrogen) atoms. The smallest absolute Gasteiger partial charge is 0.123 e. The Labute approximate surface area is 106 Å². The molecule has 0 heterocycles. The summed E-state index contributed by atoms with van der Waals surface area (Å²) >= 11 is 3.61. The molecule has 2 N–H and O–H groups in total. The first-order valence-electron chi connectivity index (χ1n) is 5.70. The average Bonchev–Trinajstić information content (AvgIpc) is 2.28. The fourth-order valence-electron chi connectivity index (χ4n) is 1.86. The summed E-state index contributed by atoms with van der Waals surface area (Å²) in [7, 11) is 1.72. The van der Waals surface area contributed by atoms with E-state index in [0.29, 0.717) is 5.92 Å². The van der Waals surface area contributed by atoms with Gasteiger partial charge in [-0.2, -0.15) is 0 Å². The second-order valence-corrected chi connectivity index (χ2v) is 4.87. The maximum Gasteiger partial charge on any atom is 0.123 e. The lowest BCUT2D eigenvalue weighted by Crippen LogP contribution is -2.05. The van der Waals surface area contributed by atoms with Gasteiger partial charge in [-0.25, -0.2) is 0 Å². The van der Waals surface area contributed by atoms with Crippen LogP contribution in [-0.2, 0) is 6.42 Å². The van der Waals surface area contributed by atoms with E-state index in [1.54, 1.807) is 7.11 Å². The second kappa shape index (κ2) is 6.26. The van der Waals surface area contributed by atoms with Crippen LogP contribution in [0.2, 0.25) is 0 Å². The normalized spacial score (nSPS) is 12.6. The molecule has 0 bridgehead atoms. The predicted molar refractivity (Wildman–Crippen MR) is 72.2 cm³/mol. The Bertz CT molecular complexity index is 352. The average molecular weight is 286 g/mol. The number of hydrogen-bond acceptors (Lipinski definition) is 2. The largest absolute Gasteiger partial charge is 0.496 e. The van der Waals surface area contributed by atoms with E-state index in [4.69, 9.17) is 10.5 Å². The van der Waals surface area contributed by atoms with Gasteiger partial charge in [0.2, 0.25) is 0 Å². The molecule has 0 aliphatic rings. The summed E-state index contributed by atoms with van der Waals surface area (Å²) in [6.45, 7) is 5.04. The molecule has 1 unspecified atom stereocenters. The van der Waals surface area contributed by atoms with Crippen LogP contribution in [-0.4, -0.2) is 13.7 Å². The molecule has 0 amide bonds. The minimum Gasteiger partial charge on any atom is -0.496 e. The number of nitrogens with two attached hydrogens (primary N) is 1. The number of methoxy groups -OCH3 is 1. The lowest BCUT2D eigenvalue weighted by molar-refractivity contribution is 0.408. The van der Waals surface area contributed by atoms with Gasteiger partial charge in [-0.3, -0.25) is 0 Å². The molecule has 0 spiro atoms. The molecule has 3 heteroatoms. The van der Waals surface area contributed by atoms with Crippen molar-refractivity contribution in [3.63, 3.8) is 0 Å². The number of hydrogen-bond donors (Lipinski definition) is 1. The Hall–Kier alpha value is -0.540. The minimum atomic E-state index is 0.473. The van der Waals surface area contributed by atoms with E-state index >= 15 is 0 Å². The Morgan fingerprint density at radius 2 is 2.12 bits per heavy atom. The lowest BCUT2D eigenvalue weighted by atomic mass is 9.96. The third-order valence-corrected chi connectivity index (χ3v) is 3.63. The van der Waals surface area contributed by atoms with Crippen LogP contribution in [0.5, 0.6) is 5.75 Å². The summed E-state index contributed by atoms with van der Waals surface area (Å²) in [5, 5.41) is 0. The lowest BCUT2D eigenvalue weighted by Gasteiger charge is -2.16. The number of halogens is 1. The predicted octanol–water partition coefficient (Wildman–Crippen LogP) is 3.47. The van der Waals surface area contributed by atoms with Crippen molar-refractivity contribution in [3.05, 3.63) is 27.7 Å². The van der Waals surface area contributed by atoms with E-state index < -0.39 is 0 Å². The molecule has 0 aromatic heterocycles. The molecule has 1 rings (SSSR count). The number of rotatable bonds is 5. The molecule has 0 saturated carbocycles. The van der Waals surface area contributed by atoms with Crippen molar-refractivity contribution in [1.82, 2.24) is 0 Å². The van der Waals surface area contributed by atoms with Crippen LogP contribution in [0.3, 0.4) is 0 Å². The van der Waals surface area contributed by atoms with Crippen LogP contribution in [0.1, 0.15) is 37.3 Å².